The highest BCUT2D eigenvalue weighted by atomic mass is 16.7. The van der Waals surface area contributed by atoms with E-state index >= 15 is 0 Å². The molecule has 1 heterocycles. The summed E-state index contributed by atoms with van der Waals surface area (Å²) in [4.78, 5) is 0. The Morgan fingerprint density at radius 2 is 2.44 bits per heavy atom. The molecule has 1 aliphatic heterocycles. The van der Waals surface area contributed by atoms with Crippen molar-refractivity contribution < 1.29 is 14.6 Å². The lowest BCUT2D eigenvalue weighted by atomic mass is 10.3. The van der Waals surface area contributed by atoms with Crippen LogP contribution in [-0.4, -0.2) is 17.5 Å². The maximum absolute atomic E-state index is 8.66. The standard InChI is InChI=1S/C6H10O3/c1-5-3-8-6(2,4-7)9-5/h3,7H,4H2,1-2H3. The molecule has 1 N–H and O–H groups in total. The van der Waals surface area contributed by atoms with E-state index in [1.807, 2.05) is 0 Å². The normalized spacial score (nSPS) is 33.0. The molecule has 0 spiro atoms. The summed E-state index contributed by atoms with van der Waals surface area (Å²) in [6, 6.07) is 0. The van der Waals surface area contributed by atoms with Gasteiger partial charge in [-0.3, -0.25) is 0 Å². The van der Waals surface area contributed by atoms with Gasteiger partial charge in [0, 0.05) is 6.92 Å². The van der Waals surface area contributed by atoms with Gasteiger partial charge in [-0.25, -0.2) is 0 Å². The summed E-state index contributed by atoms with van der Waals surface area (Å²) in [7, 11) is 0. The van der Waals surface area contributed by atoms with Gasteiger partial charge in [-0.05, 0) is 6.92 Å². The van der Waals surface area contributed by atoms with E-state index in [0.717, 1.165) is 0 Å². The maximum Gasteiger partial charge on any atom is 0.270 e. The molecule has 0 saturated carbocycles. The van der Waals surface area contributed by atoms with Crippen molar-refractivity contribution in [3.05, 3.63) is 12.0 Å². The molecule has 0 aliphatic carbocycles. The van der Waals surface area contributed by atoms with E-state index in [1.54, 1.807) is 13.8 Å². The number of hydrogen-bond acceptors (Lipinski definition) is 3. The van der Waals surface area contributed by atoms with Crippen molar-refractivity contribution >= 4 is 0 Å². The predicted molar refractivity (Wildman–Crippen MR) is 31.4 cm³/mol. The minimum atomic E-state index is -0.829. The quantitative estimate of drug-likeness (QED) is 0.565. The first-order valence-corrected chi connectivity index (χ1v) is 2.81. The van der Waals surface area contributed by atoms with Crippen molar-refractivity contribution in [2.45, 2.75) is 19.6 Å². The van der Waals surface area contributed by atoms with E-state index in [4.69, 9.17) is 14.6 Å². The van der Waals surface area contributed by atoms with E-state index in [-0.39, 0.29) is 6.61 Å². The lowest BCUT2D eigenvalue weighted by Gasteiger charge is -2.20. The molecular weight excluding hydrogens is 120 g/mol. The van der Waals surface area contributed by atoms with Crippen LogP contribution in [0.1, 0.15) is 13.8 Å². The van der Waals surface area contributed by atoms with Gasteiger partial charge >= 0.3 is 0 Å². The first-order chi connectivity index (χ1) is 4.16. The Kier molecular flexibility index (Phi) is 1.37. The van der Waals surface area contributed by atoms with E-state index < -0.39 is 5.79 Å². The molecule has 0 fully saturated rings. The average Bonchev–Trinajstić information content (AvgIpc) is 2.13. The molecule has 0 aromatic carbocycles. The zero-order valence-corrected chi connectivity index (χ0v) is 5.55. The largest absolute Gasteiger partial charge is 0.455 e. The number of aliphatic hydroxyl groups excluding tert-OH is 1. The minimum absolute atomic E-state index is 0.124. The lowest BCUT2D eigenvalue weighted by Crippen LogP contribution is -2.30. The summed E-state index contributed by atoms with van der Waals surface area (Å²) in [6.45, 7) is 3.34. The Balaban J connectivity index is 2.53. The molecule has 52 valence electrons. The van der Waals surface area contributed by atoms with Crippen LogP contribution in [0.2, 0.25) is 0 Å². The summed E-state index contributed by atoms with van der Waals surface area (Å²) >= 11 is 0. The number of allylic oxidation sites excluding steroid dienone is 1. The summed E-state index contributed by atoms with van der Waals surface area (Å²) in [6.07, 6.45) is 1.50. The fourth-order valence-electron chi connectivity index (χ4n) is 0.666. The fourth-order valence-corrected chi connectivity index (χ4v) is 0.666. The van der Waals surface area contributed by atoms with Gasteiger partial charge in [0.1, 0.15) is 18.6 Å². The third kappa shape index (κ3) is 1.16. The van der Waals surface area contributed by atoms with Gasteiger partial charge in [0.2, 0.25) is 0 Å². The molecule has 0 saturated heterocycles. The highest BCUT2D eigenvalue weighted by molar-refractivity contribution is 4.91. The van der Waals surface area contributed by atoms with E-state index in [1.165, 1.54) is 6.26 Å². The van der Waals surface area contributed by atoms with Gasteiger partial charge in [0.05, 0.1) is 0 Å². The molecule has 0 amide bonds. The summed E-state index contributed by atoms with van der Waals surface area (Å²) in [5.41, 5.74) is 0. The molecule has 0 radical (unpaired) electrons. The van der Waals surface area contributed by atoms with Crippen LogP contribution in [0, 0.1) is 0 Å². The third-order valence-corrected chi connectivity index (χ3v) is 1.14. The number of aliphatic hydroxyl groups is 1. The zero-order valence-electron chi connectivity index (χ0n) is 5.55. The Labute approximate surface area is 53.9 Å². The predicted octanol–water partition coefficient (Wildman–Crippen LogP) is 0.603. The average molecular weight is 130 g/mol. The molecule has 1 aliphatic rings. The van der Waals surface area contributed by atoms with Gasteiger partial charge in [0.25, 0.3) is 5.79 Å². The topological polar surface area (TPSA) is 38.7 Å². The van der Waals surface area contributed by atoms with Crippen LogP contribution in [0.4, 0.5) is 0 Å². The number of rotatable bonds is 1. The molecule has 3 heteroatoms. The van der Waals surface area contributed by atoms with Crippen LogP contribution in [0.25, 0.3) is 0 Å². The number of hydrogen-bond donors (Lipinski definition) is 1. The first kappa shape index (κ1) is 6.42. The van der Waals surface area contributed by atoms with Crippen molar-refractivity contribution in [3.8, 4) is 0 Å². The van der Waals surface area contributed by atoms with Crippen LogP contribution in [0.3, 0.4) is 0 Å². The van der Waals surface area contributed by atoms with Crippen LogP contribution < -0.4 is 0 Å². The van der Waals surface area contributed by atoms with Crippen molar-refractivity contribution in [3.63, 3.8) is 0 Å². The van der Waals surface area contributed by atoms with E-state index in [2.05, 4.69) is 0 Å². The summed E-state index contributed by atoms with van der Waals surface area (Å²) in [5, 5.41) is 8.66. The van der Waals surface area contributed by atoms with Gasteiger partial charge in [0.15, 0.2) is 0 Å². The first-order valence-electron chi connectivity index (χ1n) is 2.81. The SMILES string of the molecule is CC1=COC(C)(CO)O1. The van der Waals surface area contributed by atoms with Gasteiger partial charge < -0.3 is 14.6 Å². The van der Waals surface area contributed by atoms with Crippen molar-refractivity contribution in [1.82, 2.24) is 0 Å². The third-order valence-electron chi connectivity index (χ3n) is 1.14. The lowest BCUT2D eigenvalue weighted by molar-refractivity contribution is -0.159. The molecule has 0 aromatic rings. The second-order valence-corrected chi connectivity index (χ2v) is 2.24. The van der Waals surface area contributed by atoms with Gasteiger partial charge in [-0.1, -0.05) is 0 Å². The second kappa shape index (κ2) is 1.92. The number of ether oxygens (including phenoxy) is 2. The Hall–Kier alpha value is -0.700. The van der Waals surface area contributed by atoms with Crippen LogP contribution >= 0.6 is 0 Å². The smallest absolute Gasteiger partial charge is 0.270 e. The maximum atomic E-state index is 8.66. The summed E-state index contributed by atoms with van der Waals surface area (Å²) < 4.78 is 10.1. The van der Waals surface area contributed by atoms with Crippen LogP contribution in [0.5, 0.6) is 0 Å². The Bertz CT molecular complexity index is 141. The molecule has 9 heavy (non-hydrogen) atoms. The Morgan fingerprint density at radius 3 is 2.67 bits per heavy atom. The molecule has 1 atom stereocenters. The van der Waals surface area contributed by atoms with Gasteiger partial charge in [-0.15, -0.1) is 0 Å². The van der Waals surface area contributed by atoms with Crippen molar-refractivity contribution in [2.75, 3.05) is 6.61 Å². The molecule has 1 rings (SSSR count). The van der Waals surface area contributed by atoms with Crippen LogP contribution in [-0.2, 0) is 9.47 Å². The van der Waals surface area contributed by atoms with E-state index in [9.17, 15) is 0 Å². The minimum Gasteiger partial charge on any atom is -0.455 e. The van der Waals surface area contributed by atoms with Crippen molar-refractivity contribution in [1.29, 1.82) is 0 Å². The molecule has 1 unspecified atom stereocenters. The highest BCUT2D eigenvalue weighted by Crippen LogP contribution is 2.23. The summed E-state index contributed by atoms with van der Waals surface area (Å²) in [5.74, 6) is -0.129. The molecular formula is C6H10O3. The van der Waals surface area contributed by atoms with Crippen molar-refractivity contribution in [2.24, 2.45) is 0 Å². The molecule has 0 aromatic heterocycles. The van der Waals surface area contributed by atoms with Crippen LogP contribution in [0.15, 0.2) is 12.0 Å². The monoisotopic (exact) mass is 130 g/mol. The highest BCUT2D eigenvalue weighted by Gasteiger charge is 2.30. The Morgan fingerprint density at radius 1 is 1.78 bits per heavy atom. The zero-order chi connectivity index (χ0) is 6.91. The fraction of sp³-hybridized carbons (Fsp3) is 0.667. The van der Waals surface area contributed by atoms with Gasteiger partial charge in [-0.2, -0.15) is 0 Å². The molecule has 0 bridgehead atoms. The second-order valence-electron chi connectivity index (χ2n) is 2.24. The van der Waals surface area contributed by atoms with E-state index in [0.29, 0.717) is 5.76 Å². The molecule has 3 nitrogen and oxygen atoms in total.